The van der Waals surface area contributed by atoms with Gasteiger partial charge in [0, 0.05) is 0 Å². The Hall–Kier alpha value is -2.18. The monoisotopic (exact) mass is 311 g/mol. The first-order valence-corrected chi connectivity index (χ1v) is 6.04. The largest absolute Gasteiger partial charge is 0.478 e. The number of halogens is 2. The lowest BCUT2D eigenvalue weighted by Crippen LogP contribution is -2.14. The molecule has 0 saturated carbocycles. The van der Waals surface area contributed by atoms with E-state index in [1.54, 1.807) is 0 Å². The summed E-state index contributed by atoms with van der Waals surface area (Å²) in [5.74, 6) is -1.69. The summed E-state index contributed by atoms with van der Waals surface area (Å²) < 4.78 is 0. The van der Waals surface area contributed by atoms with E-state index in [1.807, 2.05) is 0 Å². The van der Waals surface area contributed by atoms with Crippen molar-refractivity contribution in [3.05, 3.63) is 52.0 Å². The first-order chi connectivity index (χ1) is 9.47. The number of carbonyl (C=O) groups excluding carboxylic acids is 1. The van der Waals surface area contributed by atoms with E-state index in [2.05, 4.69) is 15.3 Å². The van der Waals surface area contributed by atoms with Gasteiger partial charge in [-0.15, -0.1) is 0 Å². The van der Waals surface area contributed by atoms with Crippen LogP contribution in [0.5, 0.6) is 0 Å². The van der Waals surface area contributed by atoms with Gasteiger partial charge in [0.1, 0.15) is 10.8 Å². The van der Waals surface area contributed by atoms with Crippen LogP contribution in [0.25, 0.3) is 0 Å². The van der Waals surface area contributed by atoms with Gasteiger partial charge in [-0.25, -0.2) is 14.8 Å². The van der Waals surface area contributed by atoms with Crippen LogP contribution >= 0.6 is 23.2 Å². The molecule has 0 aliphatic rings. The Kier molecular flexibility index (Phi) is 4.16. The van der Waals surface area contributed by atoms with E-state index in [4.69, 9.17) is 28.3 Å². The van der Waals surface area contributed by atoms with Crippen LogP contribution in [0.2, 0.25) is 10.2 Å². The molecule has 6 nitrogen and oxygen atoms in total. The van der Waals surface area contributed by atoms with Crippen molar-refractivity contribution in [2.45, 2.75) is 0 Å². The highest BCUT2D eigenvalue weighted by Gasteiger charge is 2.12. The smallest absolute Gasteiger partial charge is 0.335 e. The normalized spacial score (nSPS) is 10.1. The SMILES string of the molecule is O=C(O)c1ccc(Cl)c(NC(=O)c2cnc(Cl)cn2)c1. The topological polar surface area (TPSA) is 92.2 Å². The molecule has 0 unspecified atom stereocenters. The predicted octanol–water partition coefficient (Wildman–Crippen LogP) is 2.73. The average Bonchev–Trinajstić information content (AvgIpc) is 2.41. The van der Waals surface area contributed by atoms with Gasteiger partial charge >= 0.3 is 5.97 Å². The van der Waals surface area contributed by atoms with Gasteiger partial charge in [-0.2, -0.15) is 0 Å². The third kappa shape index (κ3) is 3.23. The van der Waals surface area contributed by atoms with Crippen molar-refractivity contribution in [3.63, 3.8) is 0 Å². The summed E-state index contributed by atoms with van der Waals surface area (Å²) in [4.78, 5) is 30.3. The average molecular weight is 312 g/mol. The zero-order valence-electron chi connectivity index (χ0n) is 9.80. The van der Waals surface area contributed by atoms with Crippen molar-refractivity contribution in [2.75, 3.05) is 5.32 Å². The van der Waals surface area contributed by atoms with E-state index in [-0.39, 0.29) is 27.1 Å². The highest BCUT2D eigenvalue weighted by molar-refractivity contribution is 6.34. The number of carboxylic acid groups (broad SMARTS) is 1. The molecule has 20 heavy (non-hydrogen) atoms. The maximum atomic E-state index is 11.9. The summed E-state index contributed by atoms with van der Waals surface area (Å²) in [6, 6.07) is 3.97. The molecule has 0 aliphatic carbocycles. The molecule has 0 spiro atoms. The van der Waals surface area contributed by atoms with Crippen LogP contribution in [0.1, 0.15) is 20.8 Å². The number of hydrogen-bond donors (Lipinski definition) is 2. The summed E-state index contributed by atoms with van der Waals surface area (Å²) in [7, 11) is 0. The van der Waals surface area contributed by atoms with E-state index in [0.717, 1.165) is 0 Å². The lowest BCUT2D eigenvalue weighted by atomic mass is 10.2. The third-order valence-electron chi connectivity index (χ3n) is 2.31. The number of rotatable bonds is 3. The molecular formula is C12H7Cl2N3O3. The van der Waals surface area contributed by atoms with Crippen LogP contribution in [-0.4, -0.2) is 27.0 Å². The number of nitrogens with one attached hydrogen (secondary N) is 1. The molecule has 2 rings (SSSR count). The van der Waals surface area contributed by atoms with Gasteiger partial charge in [0.15, 0.2) is 0 Å². The number of carbonyl (C=O) groups is 2. The van der Waals surface area contributed by atoms with Crippen LogP contribution in [-0.2, 0) is 0 Å². The van der Waals surface area contributed by atoms with Gasteiger partial charge < -0.3 is 10.4 Å². The lowest BCUT2D eigenvalue weighted by Gasteiger charge is -2.07. The van der Waals surface area contributed by atoms with Crippen LogP contribution < -0.4 is 5.32 Å². The number of aromatic nitrogens is 2. The Morgan fingerprint density at radius 2 is 1.90 bits per heavy atom. The summed E-state index contributed by atoms with van der Waals surface area (Å²) in [5.41, 5.74) is 0.214. The molecule has 1 amide bonds. The molecular weight excluding hydrogens is 305 g/mol. The second-order valence-corrected chi connectivity index (χ2v) is 4.47. The number of amides is 1. The minimum atomic E-state index is -1.12. The molecule has 1 aromatic heterocycles. The number of carboxylic acids is 1. The van der Waals surface area contributed by atoms with Gasteiger partial charge in [0.25, 0.3) is 5.91 Å². The number of benzene rings is 1. The first kappa shape index (κ1) is 14.2. The van der Waals surface area contributed by atoms with E-state index in [9.17, 15) is 9.59 Å². The van der Waals surface area contributed by atoms with Gasteiger partial charge in [0.2, 0.25) is 0 Å². The number of nitrogens with zero attached hydrogens (tertiary/aromatic N) is 2. The zero-order valence-corrected chi connectivity index (χ0v) is 11.3. The quantitative estimate of drug-likeness (QED) is 0.909. The van der Waals surface area contributed by atoms with E-state index >= 15 is 0 Å². The molecule has 0 saturated heterocycles. The summed E-state index contributed by atoms with van der Waals surface area (Å²) >= 11 is 11.5. The molecule has 0 radical (unpaired) electrons. The van der Waals surface area contributed by atoms with Crippen LogP contribution in [0.3, 0.4) is 0 Å². The van der Waals surface area contributed by atoms with Crippen LogP contribution in [0.4, 0.5) is 5.69 Å². The van der Waals surface area contributed by atoms with Crippen LogP contribution in [0, 0.1) is 0 Å². The number of aromatic carboxylic acids is 1. The Morgan fingerprint density at radius 1 is 1.15 bits per heavy atom. The Bertz CT molecular complexity index is 674. The summed E-state index contributed by atoms with van der Waals surface area (Å²) in [6.45, 7) is 0. The van der Waals surface area contributed by atoms with Crippen molar-refractivity contribution in [1.82, 2.24) is 9.97 Å². The number of hydrogen-bond acceptors (Lipinski definition) is 4. The highest BCUT2D eigenvalue weighted by atomic mass is 35.5. The maximum Gasteiger partial charge on any atom is 0.335 e. The Labute approximate surface area is 123 Å². The predicted molar refractivity (Wildman–Crippen MR) is 73.4 cm³/mol. The fraction of sp³-hybridized carbons (Fsp3) is 0. The lowest BCUT2D eigenvalue weighted by molar-refractivity contribution is 0.0696. The minimum Gasteiger partial charge on any atom is -0.478 e. The Morgan fingerprint density at radius 3 is 2.50 bits per heavy atom. The van der Waals surface area contributed by atoms with Gasteiger partial charge in [-0.3, -0.25) is 4.79 Å². The highest BCUT2D eigenvalue weighted by Crippen LogP contribution is 2.23. The van der Waals surface area contributed by atoms with Crippen molar-refractivity contribution in [3.8, 4) is 0 Å². The first-order valence-electron chi connectivity index (χ1n) is 5.29. The number of anilines is 1. The van der Waals surface area contributed by atoms with Gasteiger partial charge in [-0.05, 0) is 18.2 Å². The summed E-state index contributed by atoms with van der Waals surface area (Å²) in [5, 5.41) is 11.7. The molecule has 0 aliphatic heterocycles. The van der Waals surface area contributed by atoms with E-state index in [1.165, 1.54) is 30.6 Å². The van der Waals surface area contributed by atoms with Crippen molar-refractivity contribution in [1.29, 1.82) is 0 Å². The molecule has 0 fully saturated rings. The van der Waals surface area contributed by atoms with Crippen molar-refractivity contribution in [2.24, 2.45) is 0 Å². The molecule has 0 bridgehead atoms. The summed E-state index contributed by atoms with van der Waals surface area (Å²) in [6.07, 6.45) is 2.43. The second-order valence-electron chi connectivity index (χ2n) is 3.68. The fourth-order valence-corrected chi connectivity index (χ4v) is 1.63. The fourth-order valence-electron chi connectivity index (χ4n) is 1.37. The van der Waals surface area contributed by atoms with Gasteiger partial charge in [0.05, 0.1) is 28.7 Å². The molecule has 1 heterocycles. The standard InChI is InChI=1S/C12H7Cl2N3O3/c13-7-2-1-6(12(19)20)3-8(7)17-11(18)9-4-16-10(14)5-15-9/h1-5H,(H,17,18)(H,19,20). The Balaban J connectivity index is 2.25. The third-order valence-corrected chi connectivity index (χ3v) is 2.84. The van der Waals surface area contributed by atoms with Crippen LogP contribution in [0.15, 0.2) is 30.6 Å². The molecule has 2 N–H and O–H groups in total. The van der Waals surface area contributed by atoms with E-state index < -0.39 is 11.9 Å². The van der Waals surface area contributed by atoms with Gasteiger partial charge in [-0.1, -0.05) is 23.2 Å². The minimum absolute atomic E-state index is 0.00638. The van der Waals surface area contributed by atoms with E-state index in [0.29, 0.717) is 0 Å². The molecule has 0 atom stereocenters. The second kappa shape index (κ2) is 5.85. The molecule has 102 valence electrons. The molecule has 8 heteroatoms. The van der Waals surface area contributed by atoms with Crippen molar-refractivity contribution >= 4 is 40.8 Å². The molecule has 2 aromatic rings. The van der Waals surface area contributed by atoms with Crippen molar-refractivity contribution < 1.29 is 14.7 Å². The maximum absolute atomic E-state index is 11.9. The molecule has 1 aromatic carbocycles. The zero-order chi connectivity index (χ0) is 14.7.